The van der Waals surface area contributed by atoms with Gasteiger partial charge in [-0.05, 0) is 73.0 Å². The van der Waals surface area contributed by atoms with Gasteiger partial charge in [0.1, 0.15) is 11.6 Å². The molecule has 0 heterocycles. The number of benzene rings is 3. The summed E-state index contributed by atoms with van der Waals surface area (Å²) in [7, 11) is -2.34. The van der Waals surface area contributed by atoms with Crippen molar-refractivity contribution >= 4 is 21.6 Å². The largest absolute Gasteiger partial charge is 0.497 e. The van der Waals surface area contributed by atoms with Gasteiger partial charge in [-0.15, -0.1) is 0 Å². The molecule has 0 unspecified atom stereocenters. The summed E-state index contributed by atoms with van der Waals surface area (Å²) in [5, 5.41) is 0. The van der Waals surface area contributed by atoms with Crippen LogP contribution in [0.3, 0.4) is 0 Å². The van der Waals surface area contributed by atoms with E-state index in [-0.39, 0.29) is 22.5 Å². The number of ether oxygens (including phenoxy) is 1. The molecule has 0 aromatic heterocycles. The van der Waals surface area contributed by atoms with Crippen LogP contribution in [0.5, 0.6) is 5.75 Å². The number of sulfonamides is 1. The van der Waals surface area contributed by atoms with Crippen molar-refractivity contribution in [2.45, 2.75) is 30.3 Å². The first kappa shape index (κ1) is 21.8. The number of amides is 1. The molecule has 32 heavy (non-hydrogen) atoms. The van der Waals surface area contributed by atoms with E-state index in [1.165, 1.54) is 36.4 Å². The third-order valence-electron chi connectivity index (χ3n) is 5.25. The van der Waals surface area contributed by atoms with Crippen molar-refractivity contribution in [1.29, 1.82) is 0 Å². The van der Waals surface area contributed by atoms with Crippen LogP contribution in [0.1, 0.15) is 28.8 Å². The fraction of sp³-hybridized carbons (Fsp3) is 0.208. The molecule has 1 fully saturated rings. The normalized spacial score (nSPS) is 13.4. The van der Waals surface area contributed by atoms with Gasteiger partial charge in [0.15, 0.2) is 0 Å². The summed E-state index contributed by atoms with van der Waals surface area (Å²) in [5.41, 5.74) is 1.50. The summed E-state index contributed by atoms with van der Waals surface area (Å²) in [6.45, 7) is 0.429. The van der Waals surface area contributed by atoms with Crippen LogP contribution in [0.15, 0.2) is 77.7 Å². The number of carbonyl (C=O) groups excluding carboxylic acids is 1. The molecule has 1 aliphatic rings. The van der Waals surface area contributed by atoms with E-state index in [9.17, 15) is 17.6 Å². The highest BCUT2D eigenvalue weighted by Crippen LogP contribution is 2.30. The first-order chi connectivity index (χ1) is 15.4. The van der Waals surface area contributed by atoms with Crippen molar-refractivity contribution in [3.63, 3.8) is 0 Å². The second kappa shape index (κ2) is 9.00. The molecule has 1 aliphatic carbocycles. The molecule has 3 aromatic rings. The lowest BCUT2D eigenvalue weighted by Gasteiger charge is -2.23. The molecule has 0 atom stereocenters. The van der Waals surface area contributed by atoms with Crippen LogP contribution in [0.4, 0.5) is 10.1 Å². The Morgan fingerprint density at radius 1 is 1.06 bits per heavy atom. The minimum atomic E-state index is -3.94. The molecule has 1 saturated carbocycles. The second-order valence-corrected chi connectivity index (χ2v) is 9.33. The quantitative estimate of drug-likeness (QED) is 0.546. The smallest absolute Gasteiger partial charge is 0.261 e. The van der Waals surface area contributed by atoms with Gasteiger partial charge < -0.3 is 9.64 Å². The fourth-order valence-electron chi connectivity index (χ4n) is 3.37. The van der Waals surface area contributed by atoms with Crippen molar-refractivity contribution < 1.29 is 22.3 Å². The van der Waals surface area contributed by atoms with Gasteiger partial charge in [-0.1, -0.05) is 18.2 Å². The summed E-state index contributed by atoms with van der Waals surface area (Å²) in [5.74, 6) is 0.0596. The standard InChI is InChI=1S/C24H23FN2O4S/c1-31-22-13-5-17(6-14-22)16-27(21-11-12-21)24(28)18-3-2-4-23(15-18)32(29,30)26-20-9-7-19(25)8-10-20/h2-10,13-15,21,26H,11-12,16H2,1H3. The number of methoxy groups -OCH3 is 1. The fourth-order valence-corrected chi connectivity index (χ4v) is 4.48. The molecular weight excluding hydrogens is 431 g/mol. The number of anilines is 1. The van der Waals surface area contributed by atoms with Gasteiger partial charge >= 0.3 is 0 Å². The zero-order valence-electron chi connectivity index (χ0n) is 17.5. The zero-order chi connectivity index (χ0) is 22.7. The van der Waals surface area contributed by atoms with Gasteiger partial charge in [0.05, 0.1) is 12.0 Å². The molecule has 3 aromatic carbocycles. The van der Waals surface area contributed by atoms with Gasteiger partial charge in [-0.25, -0.2) is 12.8 Å². The first-order valence-corrected chi connectivity index (χ1v) is 11.7. The summed E-state index contributed by atoms with van der Waals surface area (Å²) in [4.78, 5) is 15.0. The molecular formula is C24H23FN2O4S. The average molecular weight is 455 g/mol. The molecule has 8 heteroatoms. The third-order valence-corrected chi connectivity index (χ3v) is 6.63. The van der Waals surface area contributed by atoms with Gasteiger partial charge in [0.25, 0.3) is 15.9 Å². The van der Waals surface area contributed by atoms with E-state index in [1.807, 2.05) is 24.3 Å². The minimum Gasteiger partial charge on any atom is -0.497 e. The summed E-state index contributed by atoms with van der Waals surface area (Å²) < 4.78 is 46.3. The Balaban J connectivity index is 1.55. The molecule has 0 radical (unpaired) electrons. The van der Waals surface area contributed by atoms with E-state index >= 15 is 0 Å². The maximum absolute atomic E-state index is 13.3. The number of carbonyl (C=O) groups is 1. The first-order valence-electron chi connectivity index (χ1n) is 10.2. The van der Waals surface area contributed by atoms with E-state index in [0.717, 1.165) is 24.2 Å². The van der Waals surface area contributed by atoms with Gasteiger partial charge in [0.2, 0.25) is 0 Å². The monoisotopic (exact) mass is 454 g/mol. The Morgan fingerprint density at radius 3 is 2.38 bits per heavy atom. The van der Waals surface area contributed by atoms with Crippen LogP contribution in [-0.4, -0.2) is 32.4 Å². The van der Waals surface area contributed by atoms with E-state index in [4.69, 9.17) is 4.74 Å². The Hall–Kier alpha value is -3.39. The van der Waals surface area contributed by atoms with Gasteiger partial charge in [0, 0.05) is 23.8 Å². The molecule has 166 valence electrons. The highest BCUT2D eigenvalue weighted by Gasteiger charge is 2.33. The van der Waals surface area contributed by atoms with Crippen LogP contribution < -0.4 is 9.46 Å². The molecule has 0 bridgehead atoms. The Labute approximate surface area is 186 Å². The van der Waals surface area contributed by atoms with Crippen molar-refractivity contribution in [2.24, 2.45) is 0 Å². The van der Waals surface area contributed by atoms with Crippen molar-refractivity contribution in [3.05, 3.63) is 89.7 Å². The molecule has 0 aliphatic heterocycles. The number of halogens is 1. The Kier molecular flexibility index (Phi) is 6.14. The maximum Gasteiger partial charge on any atom is 0.261 e. The van der Waals surface area contributed by atoms with E-state index in [0.29, 0.717) is 12.1 Å². The predicted octanol–water partition coefficient (Wildman–Crippen LogP) is 4.44. The summed E-state index contributed by atoms with van der Waals surface area (Å²) in [6.07, 6.45) is 1.85. The van der Waals surface area contributed by atoms with E-state index in [2.05, 4.69) is 4.72 Å². The molecule has 1 amide bonds. The summed E-state index contributed by atoms with van der Waals surface area (Å²) >= 11 is 0. The molecule has 4 rings (SSSR count). The Bertz CT molecular complexity index is 1210. The third kappa shape index (κ3) is 5.08. The number of hydrogen-bond acceptors (Lipinski definition) is 4. The molecule has 1 N–H and O–H groups in total. The summed E-state index contributed by atoms with van der Waals surface area (Å²) in [6, 6.07) is 18.6. The molecule has 0 spiro atoms. The highest BCUT2D eigenvalue weighted by molar-refractivity contribution is 7.92. The average Bonchev–Trinajstić information content (AvgIpc) is 3.64. The lowest BCUT2D eigenvalue weighted by atomic mass is 10.1. The van der Waals surface area contributed by atoms with Gasteiger partial charge in [-0.3, -0.25) is 9.52 Å². The van der Waals surface area contributed by atoms with Crippen molar-refractivity contribution in [1.82, 2.24) is 4.90 Å². The maximum atomic E-state index is 13.3. The van der Waals surface area contributed by atoms with E-state index in [1.54, 1.807) is 24.1 Å². The lowest BCUT2D eigenvalue weighted by Crippen LogP contribution is -2.32. The van der Waals surface area contributed by atoms with Crippen LogP contribution in [0.2, 0.25) is 0 Å². The zero-order valence-corrected chi connectivity index (χ0v) is 18.3. The van der Waals surface area contributed by atoms with Crippen LogP contribution in [-0.2, 0) is 16.6 Å². The van der Waals surface area contributed by atoms with Gasteiger partial charge in [-0.2, -0.15) is 0 Å². The Morgan fingerprint density at radius 2 is 1.75 bits per heavy atom. The molecule has 6 nitrogen and oxygen atoms in total. The van der Waals surface area contributed by atoms with Crippen LogP contribution >= 0.6 is 0 Å². The van der Waals surface area contributed by atoms with Crippen LogP contribution in [0.25, 0.3) is 0 Å². The SMILES string of the molecule is COc1ccc(CN(C(=O)c2cccc(S(=O)(=O)Nc3ccc(F)cc3)c2)C2CC2)cc1. The molecule has 0 saturated heterocycles. The minimum absolute atomic E-state index is 0.0344. The van der Waals surface area contributed by atoms with Crippen molar-refractivity contribution in [2.75, 3.05) is 11.8 Å². The predicted molar refractivity (Wildman–Crippen MR) is 120 cm³/mol. The second-order valence-electron chi connectivity index (χ2n) is 7.65. The lowest BCUT2D eigenvalue weighted by molar-refractivity contribution is 0.0729. The van der Waals surface area contributed by atoms with Crippen molar-refractivity contribution in [3.8, 4) is 5.75 Å². The number of nitrogens with zero attached hydrogens (tertiary/aromatic N) is 1. The number of hydrogen-bond donors (Lipinski definition) is 1. The van der Waals surface area contributed by atoms with E-state index < -0.39 is 15.8 Å². The number of nitrogens with one attached hydrogen (secondary N) is 1. The number of rotatable bonds is 8. The topological polar surface area (TPSA) is 75.7 Å². The van der Waals surface area contributed by atoms with Crippen LogP contribution in [0, 0.1) is 5.82 Å². The highest BCUT2D eigenvalue weighted by atomic mass is 32.2.